The van der Waals surface area contributed by atoms with E-state index in [0.717, 1.165) is 42.9 Å². The Kier molecular flexibility index (Phi) is 4.64. The van der Waals surface area contributed by atoms with Gasteiger partial charge in [-0.1, -0.05) is 11.6 Å². The number of ether oxygens (including phenoxy) is 1. The number of nitrogens with zero attached hydrogens (tertiary/aromatic N) is 2. The lowest BCUT2D eigenvalue weighted by Gasteiger charge is -2.14. The Morgan fingerprint density at radius 1 is 1.50 bits per heavy atom. The van der Waals surface area contributed by atoms with Crippen molar-refractivity contribution in [3.8, 4) is 0 Å². The second-order valence-corrected chi connectivity index (χ2v) is 6.09. The molecule has 1 N–H and O–H groups in total. The van der Waals surface area contributed by atoms with Crippen molar-refractivity contribution in [2.24, 2.45) is 0 Å². The van der Waals surface area contributed by atoms with Gasteiger partial charge in [0.1, 0.15) is 5.82 Å². The molecule has 1 unspecified atom stereocenters. The first-order valence-corrected chi connectivity index (χ1v) is 7.99. The highest BCUT2D eigenvalue weighted by Gasteiger charge is 2.20. The molecule has 6 heteroatoms. The molecule has 2 aromatic rings. The Morgan fingerprint density at radius 2 is 2.36 bits per heavy atom. The van der Waals surface area contributed by atoms with Gasteiger partial charge in [-0.3, -0.25) is 4.79 Å². The van der Waals surface area contributed by atoms with E-state index in [2.05, 4.69) is 9.55 Å². The minimum atomic E-state index is -0.773. The summed E-state index contributed by atoms with van der Waals surface area (Å²) in [6.45, 7) is 1.58. The standard InChI is InChI=1S/C16H19ClN2O3/c17-11-6-7-14-13(9-11)18-15(4-1-5-16(20)21)19(14)10-12-3-2-8-22-12/h6-7,9,12H,1-5,8,10H2,(H,20,21). The molecule has 1 aliphatic heterocycles. The summed E-state index contributed by atoms with van der Waals surface area (Å²) in [4.78, 5) is 15.3. The van der Waals surface area contributed by atoms with Crippen LogP contribution in [0.3, 0.4) is 0 Å². The van der Waals surface area contributed by atoms with Gasteiger partial charge in [0.05, 0.1) is 23.7 Å². The molecule has 1 aromatic carbocycles. The zero-order valence-electron chi connectivity index (χ0n) is 12.3. The second-order valence-electron chi connectivity index (χ2n) is 5.65. The summed E-state index contributed by atoms with van der Waals surface area (Å²) in [7, 11) is 0. The number of carboxylic acid groups (broad SMARTS) is 1. The Balaban J connectivity index is 1.87. The van der Waals surface area contributed by atoms with Crippen molar-refractivity contribution in [1.82, 2.24) is 9.55 Å². The summed E-state index contributed by atoms with van der Waals surface area (Å²) in [6, 6.07) is 5.68. The minimum Gasteiger partial charge on any atom is -0.481 e. The highest BCUT2D eigenvalue weighted by atomic mass is 35.5. The van der Waals surface area contributed by atoms with Crippen LogP contribution < -0.4 is 0 Å². The van der Waals surface area contributed by atoms with Crippen molar-refractivity contribution in [3.05, 3.63) is 29.0 Å². The molecule has 1 aromatic heterocycles. The fourth-order valence-corrected chi connectivity index (χ4v) is 3.10. The highest BCUT2D eigenvalue weighted by Crippen LogP contribution is 2.24. The van der Waals surface area contributed by atoms with Crippen molar-refractivity contribution < 1.29 is 14.6 Å². The normalized spacial score (nSPS) is 18.1. The Hall–Kier alpha value is -1.59. The van der Waals surface area contributed by atoms with Gasteiger partial charge in [0, 0.05) is 24.5 Å². The van der Waals surface area contributed by atoms with Crippen molar-refractivity contribution in [2.75, 3.05) is 6.61 Å². The third kappa shape index (κ3) is 3.42. The molecule has 5 nitrogen and oxygen atoms in total. The van der Waals surface area contributed by atoms with E-state index < -0.39 is 5.97 Å². The average molecular weight is 323 g/mol. The molecule has 0 amide bonds. The van der Waals surface area contributed by atoms with Crippen molar-refractivity contribution in [2.45, 2.75) is 44.8 Å². The third-order valence-electron chi connectivity index (χ3n) is 3.99. The van der Waals surface area contributed by atoms with Crippen LogP contribution in [0, 0.1) is 0 Å². The van der Waals surface area contributed by atoms with Crippen LogP contribution in [0.15, 0.2) is 18.2 Å². The summed E-state index contributed by atoms with van der Waals surface area (Å²) in [5.41, 5.74) is 1.89. The van der Waals surface area contributed by atoms with E-state index in [1.165, 1.54) is 0 Å². The van der Waals surface area contributed by atoms with Crippen LogP contribution in [0.5, 0.6) is 0 Å². The van der Waals surface area contributed by atoms with E-state index >= 15 is 0 Å². The number of hydrogen-bond acceptors (Lipinski definition) is 3. The molecule has 0 spiro atoms. The topological polar surface area (TPSA) is 64.3 Å². The molecule has 0 saturated carbocycles. The molecular formula is C16H19ClN2O3. The van der Waals surface area contributed by atoms with Crippen molar-refractivity contribution in [3.63, 3.8) is 0 Å². The van der Waals surface area contributed by atoms with Gasteiger partial charge in [-0.2, -0.15) is 0 Å². The molecule has 0 aliphatic carbocycles. The molecule has 1 atom stereocenters. The number of imidazole rings is 1. The highest BCUT2D eigenvalue weighted by molar-refractivity contribution is 6.31. The van der Waals surface area contributed by atoms with E-state index in [1.807, 2.05) is 18.2 Å². The van der Waals surface area contributed by atoms with Crippen molar-refractivity contribution in [1.29, 1.82) is 0 Å². The van der Waals surface area contributed by atoms with E-state index in [1.54, 1.807) is 0 Å². The van der Waals surface area contributed by atoms with Gasteiger partial charge in [0.2, 0.25) is 0 Å². The first kappa shape index (κ1) is 15.3. The van der Waals surface area contributed by atoms with Crippen LogP contribution in [0.1, 0.15) is 31.5 Å². The van der Waals surface area contributed by atoms with Crippen LogP contribution in [0.2, 0.25) is 5.02 Å². The Bertz CT molecular complexity index is 677. The van der Waals surface area contributed by atoms with Crippen LogP contribution in [0.4, 0.5) is 0 Å². The van der Waals surface area contributed by atoms with Gasteiger partial charge in [-0.05, 0) is 37.5 Å². The van der Waals surface area contributed by atoms with Gasteiger partial charge in [-0.15, -0.1) is 0 Å². The first-order chi connectivity index (χ1) is 10.6. The first-order valence-electron chi connectivity index (χ1n) is 7.61. The molecule has 0 radical (unpaired) electrons. The summed E-state index contributed by atoms with van der Waals surface area (Å²) in [5, 5.41) is 9.46. The fraction of sp³-hybridized carbons (Fsp3) is 0.500. The third-order valence-corrected chi connectivity index (χ3v) is 4.23. The largest absolute Gasteiger partial charge is 0.481 e. The lowest BCUT2D eigenvalue weighted by atomic mass is 10.2. The maximum Gasteiger partial charge on any atom is 0.303 e. The number of fused-ring (bicyclic) bond motifs is 1. The molecule has 1 fully saturated rings. The summed E-state index contributed by atoms with van der Waals surface area (Å²) in [5.74, 6) is 0.138. The predicted molar refractivity (Wildman–Crippen MR) is 84.3 cm³/mol. The number of carboxylic acids is 1. The predicted octanol–water partition coefficient (Wildman–Crippen LogP) is 3.28. The molecule has 22 heavy (non-hydrogen) atoms. The maximum atomic E-state index is 10.7. The number of carbonyl (C=O) groups is 1. The molecule has 2 heterocycles. The number of aryl methyl sites for hydroxylation is 1. The summed E-state index contributed by atoms with van der Waals surface area (Å²) in [6.07, 6.45) is 3.75. The smallest absolute Gasteiger partial charge is 0.303 e. The van der Waals surface area contributed by atoms with Gasteiger partial charge in [0.15, 0.2) is 0 Å². The van der Waals surface area contributed by atoms with Gasteiger partial charge in [0.25, 0.3) is 0 Å². The van der Waals surface area contributed by atoms with E-state index in [9.17, 15) is 4.79 Å². The molecular weight excluding hydrogens is 304 g/mol. The van der Waals surface area contributed by atoms with Crippen LogP contribution in [0.25, 0.3) is 11.0 Å². The molecule has 1 aliphatic rings. The number of aromatic nitrogens is 2. The van der Waals surface area contributed by atoms with Crippen LogP contribution in [-0.2, 0) is 22.5 Å². The lowest BCUT2D eigenvalue weighted by Crippen LogP contribution is -2.17. The monoisotopic (exact) mass is 322 g/mol. The van der Waals surface area contributed by atoms with Gasteiger partial charge < -0.3 is 14.4 Å². The van der Waals surface area contributed by atoms with E-state index in [4.69, 9.17) is 21.4 Å². The minimum absolute atomic E-state index is 0.157. The number of hydrogen-bond donors (Lipinski definition) is 1. The molecule has 3 rings (SSSR count). The molecule has 1 saturated heterocycles. The second kappa shape index (κ2) is 6.67. The van der Waals surface area contributed by atoms with Crippen LogP contribution >= 0.6 is 11.6 Å². The molecule has 0 bridgehead atoms. The lowest BCUT2D eigenvalue weighted by molar-refractivity contribution is -0.137. The van der Waals surface area contributed by atoms with E-state index in [-0.39, 0.29) is 12.5 Å². The number of halogens is 1. The zero-order valence-corrected chi connectivity index (χ0v) is 13.1. The maximum absolute atomic E-state index is 10.7. The number of benzene rings is 1. The Morgan fingerprint density at radius 3 is 3.09 bits per heavy atom. The van der Waals surface area contributed by atoms with Crippen LogP contribution in [-0.4, -0.2) is 33.3 Å². The van der Waals surface area contributed by atoms with E-state index in [0.29, 0.717) is 17.9 Å². The SMILES string of the molecule is O=C(O)CCCc1nc2cc(Cl)ccc2n1CC1CCCO1. The summed E-state index contributed by atoms with van der Waals surface area (Å²) >= 11 is 6.04. The zero-order chi connectivity index (χ0) is 15.5. The van der Waals surface area contributed by atoms with Gasteiger partial charge >= 0.3 is 5.97 Å². The fourth-order valence-electron chi connectivity index (χ4n) is 2.94. The van der Waals surface area contributed by atoms with Crippen molar-refractivity contribution >= 4 is 28.6 Å². The van der Waals surface area contributed by atoms with Gasteiger partial charge in [-0.25, -0.2) is 4.98 Å². The summed E-state index contributed by atoms with van der Waals surface area (Å²) < 4.78 is 7.88. The number of rotatable bonds is 6. The average Bonchev–Trinajstić information content (AvgIpc) is 3.07. The molecule has 118 valence electrons. The number of aliphatic carboxylic acids is 1. The Labute approximate surface area is 133 Å². The quantitative estimate of drug-likeness (QED) is 0.886.